The molecule has 1 unspecified atom stereocenters. The van der Waals surface area contributed by atoms with E-state index in [-0.39, 0.29) is 144 Å². The van der Waals surface area contributed by atoms with Gasteiger partial charge in [0.1, 0.15) is 34.8 Å². The second kappa shape index (κ2) is 26.8. The predicted molar refractivity (Wildman–Crippen MR) is 229 cm³/mol. The topological polar surface area (TPSA) is 308 Å². The van der Waals surface area contributed by atoms with E-state index in [1.165, 1.54) is 44.0 Å². The van der Waals surface area contributed by atoms with Crippen molar-refractivity contribution >= 4 is 46.9 Å². The Bertz CT molecular complexity index is 2760. The molecule has 4 rings (SSSR count). The summed E-state index contributed by atoms with van der Waals surface area (Å²) < 4.78 is 143. The van der Waals surface area contributed by atoms with E-state index in [2.05, 4.69) is 9.25 Å². The monoisotopic (exact) mass is 1110 g/mol. The van der Waals surface area contributed by atoms with E-state index < -0.39 is 117 Å². The number of carbonyl (C=O) groups is 2. The van der Waals surface area contributed by atoms with Crippen molar-refractivity contribution in [3.63, 3.8) is 0 Å². The number of pyridine rings is 2. The number of sulfone groups is 2. The van der Waals surface area contributed by atoms with Gasteiger partial charge in [-0.05, 0) is 51.0 Å². The third-order valence-corrected chi connectivity index (χ3v) is 14.7. The second-order valence-corrected chi connectivity index (χ2v) is 22.4. The van der Waals surface area contributed by atoms with E-state index in [0.29, 0.717) is 12.5 Å². The fourth-order valence-electron chi connectivity index (χ4n) is 5.58. The maximum absolute atomic E-state index is 14.7. The van der Waals surface area contributed by atoms with Gasteiger partial charge in [0, 0.05) is 91.2 Å². The van der Waals surface area contributed by atoms with Crippen LogP contribution in [0.1, 0.15) is 34.1 Å². The van der Waals surface area contributed by atoms with Crippen molar-refractivity contribution in [1.29, 1.82) is 0 Å². The Morgan fingerprint density at radius 3 is 1.28 bits per heavy atom. The third kappa shape index (κ3) is 18.2. The molecule has 0 radical (unpaired) electrons. The molecular formula is C38H46F4K2N4O17P2S2. The molecule has 0 aliphatic rings. The average molecular weight is 1110 g/mol. The van der Waals surface area contributed by atoms with Gasteiger partial charge >= 0.3 is 110 Å². The van der Waals surface area contributed by atoms with Crippen LogP contribution in [0.15, 0.2) is 70.5 Å². The number of nitrogens with one attached hydrogen (secondary N) is 2. The van der Waals surface area contributed by atoms with Crippen molar-refractivity contribution < 1.29 is 189 Å². The standard InChI is InChI=1S/C19H23F2N2O8PS.C18H21F2N2O9PS.CH4.2K/c1-19(33(4,28)29,18(25)22-31-32(3,26)27)7-8-23-11-16(21)14(10-17(23)24)13-6-5-12(30-2)9-15(13)20;1-18(33(3,28)29,17(24)21-31-32(25,26)27)6-7-22-10-15(20)13(9-16(22)23)12-5-4-11(30-2)8-14(12)19;;;/h5-6,9-11H,7-8H2,1-4H3,(H,22,25)(H,26,27);4-5,8-10H,6-7H2,1-3H3,(H,21,24)(H2,25,26,27);1H4;;/q;;;2*+1/p-2/t19-;18-;;;/m11.../s1. The summed E-state index contributed by atoms with van der Waals surface area (Å²) in [5.74, 6) is -5.98. The molecule has 0 aliphatic carbocycles. The Morgan fingerprint density at radius 1 is 0.667 bits per heavy atom. The summed E-state index contributed by atoms with van der Waals surface area (Å²) in [5, 5.41) is 0. The maximum Gasteiger partial charge on any atom is 1.00 e. The van der Waals surface area contributed by atoms with Crippen molar-refractivity contribution in [3.05, 3.63) is 105 Å². The molecule has 3 atom stereocenters. The van der Waals surface area contributed by atoms with E-state index >= 15 is 0 Å². The molecule has 0 spiro atoms. The zero-order valence-corrected chi connectivity index (χ0v) is 47.4. The molecule has 69 heavy (non-hydrogen) atoms. The first-order chi connectivity index (χ1) is 30.2. The smallest absolute Gasteiger partial charge is 0.788 e. The van der Waals surface area contributed by atoms with Gasteiger partial charge in [-0.2, -0.15) is 4.62 Å². The molecule has 372 valence electrons. The molecule has 4 aromatic rings. The number of hydrogen-bond acceptors (Lipinski definition) is 16. The number of halogens is 4. The van der Waals surface area contributed by atoms with Crippen LogP contribution in [-0.2, 0) is 60.7 Å². The molecule has 2 heterocycles. The van der Waals surface area contributed by atoms with Crippen LogP contribution >= 0.6 is 15.4 Å². The number of amides is 2. The van der Waals surface area contributed by atoms with Crippen molar-refractivity contribution in [2.45, 2.75) is 56.7 Å². The van der Waals surface area contributed by atoms with Crippen molar-refractivity contribution in [3.8, 4) is 33.8 Å². The van der Waals surface area contributed by atoms with Crippen molar-refractivity contribution in [2.24, 2.45) is 0 Å². The third-order valence-electron chi connectivity index (χ3n) is 9.90. The minimum atomic E-state index is -5.65. The number of hydroxylamine groups is 2. The zero-order chi connectivity index (χ0) is 50.4. The maximum atomic E-state index is 14.7. The Hall–Kier alpha value is -1.97. The summed E-state index contributed by atoms with van der Waals surface area (Å²) in [5.41, 5.74) is 0.229. The quantitative estimate of drug-likeness (QED) is 0.0375. The SMILES string of the molecule is C.COc1ccc(-c2cc(=O)n(CC[C@](C)(C(=O)NOP(=O)([O-])[O-])S(C)(=O)=O)cc2F)c(F)c1.COc1ccc(-c2cc(=O)n(CC[C@](C)(C(=O)NOP(C)(=O)O)S(C)(=O)=O)cc2F)c(F)c1.[K+].[K+]. The van der Waals surface area contributed by atoms with Crippen LogP contribution in [0.2, 0.25) is 0 Å². The predicted octanol–water partition coefficient (Wildman–Crippen LogP) is -3.63. The first-order valence-electron chi connectivity index (χ1n) is 18.4. The summed E-state index contributed by atoms with van der Waals surface area (Å²) in [4.78, 5) is 79.8. The molecule has 2 amide bonds. The summed E-state index contributed by atoms with van der Waals surface area (Å²) in [6, 6.07) is 8.89. The van der Waals surface area contributed by atoms with Crippen molar-refractivity contribution in [1.82, 2.24) is 20.1 Å². The fourth-order valence-corrected chi connectivity index (χ4v) is 7.71. The number of ether oxygens (including phenoxy) is 2. The molecule has 2 aromatic carbocycles. The fraction of sp³-hybridized carbons (Fsp3) is 0.368. The van der Waals surface area contributed by atoms with Crippen LogP contribution < -0.4 is 144 Å². The minimum absolute atomic E-state index is 0. The first kappa shape index (κ1) is 67.0. The van der Waals surface area contributed by atoms with Crippen LogP contribution in [0.25, 0.3) is 22.3 Å². The van der Waals surface area contributed by atoms with E-state index in [1.54, 1.807) is 5.48 Å². The van der Waals surface area contributed by atoms with Gasteiger partial charge < -0.3 is 37.9 Å². The molecule has 2 aromatic heterocycles. The van der Waals surface area contributed by atoms with Gasteiger partial charge in [-0.25, -0.2) is 50.0 Å². The first-order valence-corrected chi connectivity index (χ1v) is 25.6. The minimum Gasteiger partial charge on any atom is -0.788 e. The molecule has 0 fully saturated rings. The molecule has 21 nitrogen and oxygen atoms in total. The summed E-state index contributed by atoms with van der Waals surface area (Å²) >= 11 is 0. The second-order valence-electron chi connectivity index (χ2n) is 14.6. The van der Waals surface area contributed by atoms with Crippen LogP contribution in [0, 0.1) is 23.3 Å². The molecule has 0 aliphatic heterocycles. The van der Waals surface area contributed by atoms with Crippen LogP contribution in [0.4, 0.5) is 17.6 Å². The zero-order valence-electron chi connectivity index (χ0n) is 37.7. The number of hydrogen-bond donors (Lipinski definition) is 3. The summed E-state index contributed by atoms with van der Waals surface area (Å²) in [6.45, 7) is 1.79. The van der Waals surface area contributed by atoms with Gasteiger partial charge in [-0.1, -0.05) is 7.43 Å². The van der Waals surface area contributed by atoms with Gasteiger partial charge in [0.2, 0.25) is 0 Å². The number of aromatic nitrogens is 2. The van der Waals surface area contributed by atoms with E-state index in [1.807, 2.05) is 0 Å². The molecule has 0 saturated carbocycles. The Balaban J connectivity index is 0.00000128. The molecule has 0 bridgehead atoms. The number of phosphoric acid groups is 1. The van der Waals surface area contributed by atoms with Crippen LogP contribution in [0.5, 0.6) is 11.5 Å². The van der Waals surface area contributed by atoms with E-state index in [0.717, 1.165) is 66.4 Å². The van der Waals surface area contributed by atoms with Crippen LogP contribution in [-0.4, -0.2) is 85.6 Å². The molecule has 0 saturated heterocycles. The number of aryl methyl sites for hydroxylation is 2. The summed E-state index contributed by atoms with van der Waals surface area (Å²) in [6.07, 6.45) is 1.78. The van der Waals surface area contributed by atoms with E-state index in [4.69, 9.17) is 14.4 Å². The Labute approximate surface area is 479 Å². The number of nitrogens with zero attached hydrogens (tertiary/aromatic N) is 2. The molecule has 3 N–H and O–H groups in total. The number of carbonyl (C=O) groups excluding carboxylic acids is 2. The normalized spacial score (nSPS) is 14.0. The Kier molecular flexibility index (Phi) is 26.1. The van der Waals surface area contributed by atoms with E-state index in [9.17, 15) is 72.5 Å². The largest absolute Gasteiger partial charge is 1.00 e. The van der Waals surface area contributed by atoms with Gasteiger partial charge in [0.15, 0.2) is 29.2 Å². The number of methoxy groups -OCH3 is 2. The molecular weight excluding hydrogens is 1060 g/mol. The van der Waals surface area contributed by atoms with Crippen molar-refractivity contribution in [2.75, 3.05) is 33.4 Å². The van der Waals surface area contributed by atoms with Gasteiger partial charge in [-0.15, -0.1) is 0 Å². The van der Waals surface area contributed by atoms with Gasteiger partial charge in [0.25, 0.3) is 22.9 Å². The van der Waals surface area contributed by atoms with Gasteiger partial charge in [-0.3, -0.25) is 23.7 Å². The van der Waals surface area contributed by atoms with Gasteiger partial charge in [0.05, 0.1) is 22.0 Å². The summed E-state index contributed by atoms with van der Waals surface area (Å²) in [7, 11) is -15.5. The Morgan fingerprint density at radius 2 is 1.00 bits per heavy atom. The van der Waals surface area contributed by atoms with Crippen LogP contribution in [0.3, 0.4) is 0 Å². The average Bonchev–Trinajstić information content (AvgIpc) is 3.20. The number of rotatable bonds is 18. The number of benzene rings is 2. The molecule has 31 heteroatoms.